The number of methoxy groups -OCH3 is 1. The lowest BCUT2D eigenvalue weighted by Crippen LogP contribution is -2.44. The number of ether oxygens (including phenoxy) is 3. The molecule has 0 radical (unpaired) electrons. The van der Waals surface area contributed by atoms with Crippen LogP contribution in [0.2, 0.25) is 18.1 Å². The molecule has 0 fully saturated rings. The maximum atomic E-state index is 11.9. The third kappa shape index (κ3) is 12.0. The van der Waals surface area contributed by atoms with Crippen molar-refractivity contribution in [2.75, 3.05) is 20.3 Å². The van der Waals surface area contributed by atoms with Gasteiger partial charge >= 0.3 is 18.0 Å². The van der Waals surface area contributed by atoms with E-state index in [2.05, 4.69) is 43.9 Å². The molecule has 0 aliphatic carbocycles. The fourth-order valence-electron chi connectivity index (χ4n) is 1.93. The Kier molecular flexibility index (Phi) is 11.3. The fraction of sp³-hybridized carbons (Fsp3) is 0.762. The lowest BCUT2D eigenvalue weighted by molar-refractivity contribution is -0.145. The molecule has 0 bridgehead atoms. The van der Waals surface area contributed by atoms with Gasteiger partial charge in [0.15, 0.2) is 8.32 Å². The molecule has 0 aromatic heterocycles. The van der Waals surface area contributed by atoms with E-state index in [9.17, 15) is 14.4 Å². The highest BCUT2D eigenvalue weighted by atomic mass is 28.4. The highest BCUT2D eigenvalue weighted by Gasteiger charge is 2.36. The molecule has 0 aliphatic rings. The number of carbonyl (C=O) groups excluding carboxylic acids is 3. The van der Waals surface area contributed by atoms with Gasteiger partial charge in [-0.3, -0.25) is 4.79 Å². The minimum absolute atomic E-state index is 0.0446. The van der Waals surface area contributed by atoms with Crippen LogP contribution < -0.4 is 5.32 Å². The summed E-state index contributed by atoms with van der Waals surface area (Å²) < 4.78 is 20.9. The van der Waals surface area contributed by atoms with E-state index in [-0.39, 0.29) is 24.5 Å². The molecule has 0 saturated heterocycles. The number of hydrogen-bond acceptors (Lipinski definition) is 7. The first kappa shape index (κ1) is 28.1. The Labute approximate surface area is 181 Å². The third-order valence-electron chi connectivity index (χ3n) is 4.67. The van der Waals surface area contributed by atoms with E-state index in [1.165, 1.54) is 7.11 Å². The average Bonchev–Trinajstić information content (AvgIpc) is 2.58. The van der Waals surface area contributed by atoms with Crippen LogP contribution in [0, 0.1) is 0 Å². The molecule has 0 rings (SSSR count). The molecule has 1 atom stereocenters. The molecule has 0 aromatic rings. The van der Waals surface area contributed by atoms with Crippen LogP contribution in [0.5, 0.6) is 0 Å². The molecule has 0 unspecified atom stereocenters. The van der Waals surface area contributed by atoms with E-state index in [0.29, 0.717) is 6.61 Å². The van der Waals surface area contributed by atoms with Crippen LogP contribution in [0.3, 0.4) is 0 Å². The van der Waals surface area contributed by atoms with Crippen molar-refractivity contribution in [1.29, 1.82) is 0 Å². The first-order valence-electron chi connectivity index (χ1n) is 10.1. The summed E-state index contributed by atoms with van der Waals surface area (Å²) in [6.07, 6.45) is 2.79. The molecule has 0 heterocycles. The molecule has 1 amide bonds. The Hall–Kier alpha value is -1.87. The van der Waals surface area contributed by atoms with Crippen molar-refractivity contribution in [3.8, 4) is 0 Å². The largest absolute Gasteiger partial charge is 0.467 e. The van der Waals surface area contributed by atoms with Gasteiger partial charge in [-0.15, -0.1) is 0 Å². The van der Waals surface area contributed by atoms with Crippen molar-refractivity contribution in [2.45, 2.75) is 84.2 Å². The first-order valence-corrected chi connectivity index (χ1v) is 13.0. The molecular formula is C21H39NO7Si. The molecule has 0 spiro atoms. The van der Waals surface area contributed by atoms with Gasteiger partial charge in [0.1, 0.15) is 18.2 Å². The second kappa shape index (κ2) is 12.1. The van der Waals surface area contributed by atoms with E-state index >= 15 is 0 Å². The molecular weight excluding hydrogens is 406 g/mol. The number of esters is 2. The molecule has 8 nitrogen and oxygen atoms in total. The van der Waals surface area contributed by atoms with Gasteiger partial charge < -0.3 is 24.0 Å². The van der Waals surface area contributed by atoms with Crippen LogP contribution in [0.1, 0.15) is 54.4 Å². The maximum absolute atomic E-state index is 11.9. The zero-order valence-corrected chi connectivity index (χ0v) is 20.9. The summed E-state index contributed by atoms with van der Waals surface area (Å²) in [4.78, 5) is 35.6. The molecule has 0 aromatic carbocycles. The number of rotatable bonds is 10. The zero-order chi connectivity index (χ0) is 23.6. The Balaban J connectivity index is 4.38. The van der Waals surface area contributed by atoms with Crippen LogP contribution in [-0.4, -0.2) is 58.3 Å². The normalized spacial score (nSPS) is 13.6. The Morgan fingerprint density at radius 1 is 1.00 bits per heavy atom. The van der Waals surface area contributed by atoms with Gasteiger partial charge in [-0.05, 0) is 51.4 Å². The van der Waals surface area contributed by atoms with Gasteiger partial charge in [-0.2, -0.15) is 0 Å². The van der Waals surface area contributed by atoms with Gasteiger partial charge in [0.25, 0.3) is 0 Å². The number of hydrogen-bond donors (Lipinski definition) is 1. The number of alkyl carbamates (subject to hydrolysis) is 1. The van der Waals surface area contributed by atoms with Gasteiger partial charge in [0, 0.05) is 6.42 Å². The highest BCUT2D eigenvalue weighted by Crippen LogP contribution is 2.36. The van der Waals surface area contributed by atoms with Gasteiger partial charge in [0.05, 0.1) is 13.7 Å². The molecule has 9 heteroatoms. The summed E-state index contributed by atoms with van der Waals surface area (Å²) in [7, 11) is -0.594. The van der Waals surface area contributed by atoms with Crippen molar-refractivity contribution in [2.24, 2.45) is 0 Å². The van der Waals surface area contributed by atoms with E-state index in [1.54, 1.807) is 26.8 Å². The molecule has 30 heavy (non-hydrogen) atoms. The van der Waals surface area contributed by atoms with Crippen molar-refractivity contribution < 1.29 is 33.0 Å². The van der Waals surface area contributed by atoms with Crippen molar-refractivity contribution in [1.82, 2.24) is 5.32 Å². The van der Waals surface area contributed by atoms with Crippen LogP contribution in [0.15, 0.2) is 12.2 Å². The summed E-state index contributed by atoms with van der Waals surface area (Å²) in [6, 6.07) is -0.995. The lowest BCUT2D eigenvalue weighted by Gasteiger charge is -2.35. The minimum atomic E-state index is -1.80. The van der Waals surface area contributed by atoms with E-state index in [4.69, 9.17) is 13.9 Å². The summed E-state index contributed by atoms with van der Waals surface area (Å²) in [6.45, 7) is 16.6. The molecule has 0 aliphatic heterocycles. The summed E-state index contributed by atoms with van der Waals surface area (Å²) in [5.41, 5.74) is -0.704. The quantitative estimate of drug-likeness (QED) is 0.235. The van der Waals surface area contributed by atoms with Crippen molar-refractivity contribution >= 4 is 26.3 Å². The molecule has 174 valence electrons. The summed E-state index contributed by atoms with van der Waals surface area (Å²) >= 11 is 0. The predicted molar refractivity (Wildman–Crippen MR) is 118 cm³/mol. The standard InChI is InChI=1S/C21H39NO7Si/c1-20(2,3)29-19(25)22-16(18(24)26-7)12-13-17(23)27-14-10-11-15-28-30(8,9)21(4,5)6/h10-11,16H,12-15H2,1-9H3,(H,22,25)/b11-10+/t16-/m0/s1. The summed E-state index contributed by atoms with van der Waals surface area (Å²) in [5.74, 6) is -1.14. The van der Waals surface area contributed by atoms with Crippen LogP contribution >= 0.6 is 0 Å². The Bertz CT molecular complexity index is 603. The van der Waals surface area contributed by atoms with Crippen LogP contribution in [0.25, 0.3) is 0 Å². The maximum Gasteiger partial charge on any atom is 0.408 e. The Morgan fingerprint density at radius 3 is 2.07 bits per heavy atom. The zero-order valence-electron chi connectivity index (χ0n) is 19.9. The highest BCUT2D eigenvalue weighted by molar-refractivity contribution is 6.74. The predicted octanol–water partition coefficient (Wildman–Crippen LogP) is 3.95. The van der Waals surface area contributed by atoms with Gasteiger partial charge in [-0.1, -0.05) is 26.8 Å². The first-order chi connectivity index (χ1) is 13.6. The van der Waals surface area contributed by atoms with Crippen LogP contribution in [0.4, 0.5) is 4.79 Å². The molecule has 0 saturated carbocycles. The second-order valence-electron chi connectivity index (χ2n) is 9.49. The van der Waals surface area contributed by atoms with E-state index in [1.807, 2.05) is 6.08 Å². The Morgan fingerprint density at radius 2 is 1.57 bits per heavy atom. The van der Waals surface area contributed by atoms with E-state index < -0.39 is 38.0 Å². The minimum Gasteiger partial charge on any atom is -0.467 e. The van der Waals surface area contributed by atoms with Gasteiger partial charge in [-0.25, -0.2) is 9.59 Å². The van der Waals surface area contributed by atoms with Crippen LogP contribution in [-0.2, 0) is 28.2 Å². The average molecular weight is 446 g/mol. The van der Waals surface area contributed by atoms with Crippen molar-refractivity contribution in [3.05, 3.63) is 12.2 Å². The third-order valence-corrected chi connectivity index (χ3v) is 9.17. The smallest absolute Gasteiger partial charge is 0.408 e. The lowest BCUT2D eigenvalue weighted by atomic mass is 10.1. The van der Waals surface area contributed by atoms with Crippen molar-refractivity contribution in [3.63, 3.8) is 0 Å². The number of amides is 1. The number of nitrogens with one attached hydrogen (secondary N) is 1. The van der Waals surface area contributed by atoms with Gasteiger partial charge in [0.2, 0.25) is 0 Å². The number of carbonyl (C=O) groups is 3. The fourth-order valence-corrected chi connectivity index (χ4v) is 2.87. The monoisotopic (exact) mass is 445 g/mol. The summed E-state index contributed by atoms with van der Waals surface area (Å²) in [5, 5.41) is 2.56. The van der Waals surface area contributed by atoms with E-state index in [0.717, 1.165) is 0 Å². The SMILES string of the molecule is COC(=O)[C@H](CCC(=O)OC/C=C/CO[Si](C)(C)C(C)(C)C)NC(=O)OC(C)(C)C. The molecule has 1 N–H and O–H groups in total. The topological polar surface area (TPSA) is 100 Å². The second-order valence-corrected chi connectivity index (χ2v) is 14.3.